The van der Waals surface area contributed by atoms with Crippen LogP contribution < -0.4 is 4.90 Å². The van der Waals surface area contributed by atoms with Gasteiger partial charge in [-0.25, -0.2) is 9.37 Å². The highest BCUT2D eigenvalue weighted by Gasteiger charge is 2.38. The van der Waals surface area contributed by atoms with Gasteiger partial charge in [-0.15, -0.1) is 11.3 Å². The summed E-state index contributed by atoms with van der Waals surface area (Å²) in [5.74, 6) is 0.990. The van der Waals surface area contributed by atoms with Crippen LogP contribution in [0.25, 0.3) is 0 Å². The summed E-state index contributed by atoms with van der Waals surface area (Å²) in [7, 11) is 0. The van der Waals surface area contributed by atoms with E-state index in [0.717, 1.165) is 41.7 Å². The maximum Gasteiger partial charge on any atom is 0.228 e. The molecule has 0 spiro atoms. The van der Waals surface area contributed by atoms with Crippen LogP contribution in [-0.2, 0) is 9.59 Å². The van der Waals surface area contributed by atoms with E-state index in [4.69, 9.17) is 0 Å². The summed E-state index contributed by atoms with van der Waals surface area (Å²) >= 11 is 3.50. The van der Waals surface area contributed by atoms with Crippen LogP contribution in [0.5, 0.6) is 0 Å². The Hall–Kier alpha value is -1.93. The van der Waals surface area contributed by atoms with E-state index in [-0.39, 0.29) is 30.0 Å². The van der Waals surface area contributed by atoms with Gasteiger partial charge in [0.15, 0.2) is 0 Å². The van der Waals surface area contributed by atoms with Gasteiger partial charge in [-0.2, -0.15) is 0 Å². The second-order valence-corrected chi connectivity index (χ2v) is 9.84. The Labute approximate surface area is 178 Å². The number of carbonyl (C=O) groups is 2. The maximum absolute atomic E-state index is 13.1. The molecule has 5 nitrogen and oxygen atoms in total. The van der Waals surface area contributed by atoms with Crippen molar-refractivity contribution in [2.45, 2.75) is 30.5 Å². The van der Waals surface area contributed by atoms with Crippen molar-refractivity contribution < 1.29 is 14.0 Å². The molecule has 0 N–H and O–H groups in total. The van der Waals surface area contributed by atoms with Crippen molar-refractivity contribution in [2.24, 2.45) is 11.8 Å². The average molecular weight is 434 g/mol. The lowest BCUT2D eigenvalue weighted by Crippen LogP contribution is -2.42. The molecule has 8 heteroatoms. The molecule has 2 aliphatic heterocycles. The summed E-state index contributed by atoms with van der Waals surface area (Å²) in [6.07, 6.45) is 2.21. The molecule has 1 aromatic carbocycles. The van der Waals surface area contributed by atoms with Crippen LogP contribution in [0, 0.1) is 24.6 Å². The average Bonchev–Trinajstić information content (AvgIpc) is 3.32. The van der Waals surface area contributed by atoms with E-state index in [1.165, 1.54) is 12.1 Å². The summed E-state index contributed by atoms with van der Waals surface area (Å²) in [5.41, 5.74) is 1.72. The van der Waals surface area contributed by atoms with E-state index in [2.05, 4.69) is 10.4 Å². The Morgan fingerprint density at radius 2 is 2.00 bits per heavy atom. The molecular weight excluding hydrogens is 409 g/mol. The normalized spacial score (nSPS) is 20.5. The third-order valence-corrected chi connectivity index (χ3v) is 7.95. The fraction of sp³-hybridized carbons (Fsp3) is 0.476. The Balaban J connectivity index is 1.27. The van der Waals surface area contributed by atoms with Gasteiger partial charge in [0.2, 0.25) is 11.8 Å². The van der Waals surface area contributed by atoms with Crippen molar-refractivity contribution in [1.29, 1.82) is 0 Å². The number of aromatic nitrogens is 1. The predicted molar refractivity (Wildman–Crippen MR) is 114 cm³/mol. The zero-order valence-corrected chi connectivity index (χ0v) is 18.0. The van der Waals surface area contributed by atoms with Crippen molar-refractivity contribution in [2.75, 3.05) is 30.3 Å². The lowest BCUT2D eigenvalue weighted by Gasteiger charge is -2.33. The number of anilines is 1. The van der Waals surface area contributed by atoms with Crippen LogP contribution in [0.4, 0.5) is 10.1 Å². The van der Waals surface area contributed by atoms with Crippen molar-refractivity contribution in [3.8, 4) is 0 Å². The first-order chi connectivity index (χ1) is 14.0. The number of benzene rings is 1. The van der Waals surface area contributed by atoms with E-state index < -0.39 is 0 Å². The number of halogens is 1. The lowest BCUT2D eigenvalue weighted by molar-refractivity contribution is -0.137. The Morgan fingerprint density at radius 1 is 1.28 bits per heavy atom. The molecule has 154 valence electrons. The van der Waals surface area contributed by atoms with Crippen molar-refractivity contribution >= 4 is 40.6 Å². The molecule has 2 aromatic rings. The summed E-state index contributed by atoms with van der Waals surface area (Å²) in [5, 5.41) is 2.07. The SMILES string of the molecule is Cc1csc(SCC2CCN(C(=O)C3CC(=O)N(c4ccc(F)cc4)C3)CC2)n1. The molecule has 2 fully saturated rings. The number of thioether (sulfide) groups is 1. The molecule has 29 heavy (non-hydrogen) atoms. The van der Waals surface area contributed by atoms with Crippen LogP contribution in [0.3, 0.4) is 0 Å². The number of nitrogens with zero attached hydrogens (tertiary/aromatic N) is 3. The molecular formula is C21H24FN3O2S2. The molecule has 0 saturated carbocycles. The van der Waals surface area contributed by atoms with Gasteiger partial charge in [0, 0.05) is 48.6 Å². The summed E-state index contributed by atoms with van der Waals surface area (Å²) in [6, 6.07) is 5.86. The number of piperidine rings is 1. The number of carbonyl (C=O) groups excluding carboxylic acids is 2. The summed E-state index contributed by atoms with van der Waals surface area (Å²) < 4.78 is 14.3. The van der Waals surface area contributed by atoms with E-state index >= 15 is 0 Å². The van der Waals surface area contributed by atoms with Gasteiger partial charge in [-0.05, 0) is 49.9 Å². The molecule has 2 amide bonds. The molecule has 1 aromatic heterocycles. The molecule has 4 rings (SSSR count). The Morgan fingerprint density at radius 3 is 2.66 bits per heavy atom. The molecule has 0 radical (unpaired) electrons. The highest BCUT2D eigenvalue weighted by molar-refractivity contribution is 8.01. The van der Waals surface area contributed by atoms with Crippen LogP contribution in [-0.4, -0.2) is 47.1 Å². The fourth-order valence-electron chi connectivity index (χ4n) is 3.91. The number of hydrogen-bond acceptors (Lipinski definition) is 5. The van der Waals surface area contributed by atoms with E-state index in [0.29, 0.717) is 18.2 Å². The quantitative estimate of drug-likeness (QED) is 0.670. The monoisotopic (exact) mass is 433 g/mol. The number of hydrogen-bond donors (Lipinski definition) is 0. The van der Waals surface area contributed by atoms with Gasteiger partial charge in [-0.1, -0.05) is 11.8 Å². The van der Waals surface area contributed by atoms with Gasteiger partial charge in [0.1, 0.15) is 10.2 Å². The van der Waals surface area contributed by atoms with Crippen LogP contribution in [0.2, 0.25) is 0 Å². The molecule has 1 unspecified atom stereocenters. The zero-order chi connectivity index (χ0) is 20.4. The first kappa shape index (κ1) is 20.3. The first-order valence-corrected chi connectivity index (χ1v) is 11.8. The molecule has 2 aliphatic rings. The third kappa shape index (κ3) is 4.80. The Bertz CT molecular complexity index is 878. The topological polar surface area (TPSA) is 53.5 Å². The highest BCUT2D eigenvalue weighted by atomic mass is 32.2. The second kappa shape index (κ2) is 8.83. The standard InChI is InChI=1S/C21H24FN3O2S2/c1-14-12-28-21(23-14)29-13-15-6-8-24(9-7-15)20(27)16-10-19(26)25(11-16)18-4-2-17(22)3-5-18/h2-5,12,15-16H,6-11,13H2,1H3. The van der Waals surface area contributed by atoms with Crippen LogP contribution >= 0.6 is 23.1 Å². The maximum atomic E-state index is 13.1. The molecule has 0 bridgehead atoms. The number of aryl methyl sites for hydroxylation is 1. The molecule has 2 saturated heterocycles. The van der Waals surface area contributed by atoms with Crippen LogP contribution in [0.15, 0.2) is 34.0 Å². The van der Waals surface area contributed by atoms with Gasteiger partial charge in [0.05, 0.1) is 5.92 Å². The number of likely N-dealkylation sites (tertiary alicyclic amines) is 1. The number of rotatable bonds is 5. The number of amides is 2. The smallest absolute Gasteiger partial charge is 0.228 e. The minimum absolute atomic E-state index is 0.0695. The molecule has 0 aliphatic carbocycles. The fourth-order valence-corrected chi connectivity index (χ4v) is 5.97. The van der Waals surface area contributed by atoms with E-state index in [1.54, 1.807) is 28.4 Å². The zero-order valence-electron chi connectivity index (χ0n) is 16.3. The lowest BCUT2D eigenvalue weighted by atomic mass is 9.97. The van der Waals surface area contributed by atoms with Gasteiger partial charge in [-0.3, -0.25) is 9.59 Å². The Kier molecular flexibility index (Phi) is 6.20. The molecule has 1 atom stereocenters. The predicted octanol–water partition coefficient (Wildman–Crippen LogP) is 3.97. The summed E-state index contributed by atoms with van der Waals surface area (Å²) in [6.45, 7) is 3.89. The van der Waals surface area contributed by atoms with Gasteiger partial charge < -0.3 is 9.80 Å². The largest absolute Gasteiger partial charge is 0.342 e. The van der Waals surface area contributed by atoms with Gasteiger partial charge in [0.25, 0.3) is 0 Å². The first-order valence-electron chi connectivity index (χ1n) is 9.89. The molecule has 3 heterocycles. The van der Waals surface area contributed by atoms with E-state index in [9.17, 15) is 14.0 Å². The van der Waals surface area contributed by atoms with Crippen molar-refractivity contribution in [3.05, 3.63) is 41.2 Å². The third-order valence-electron chi connectivity index (χ3n) is 5.58. The number of thiazole rings is 1. The van der Waals surface area contributed by atoms with Crippen molar-refractivity contribution in [1.82, 2.24) is 9.88 Å². The minimum atomic E-state index is -0.334. The van der Waals surface area contributed by atoms with E-state index in [1.807, 2.05) is 23.6 Å². The summed E-state index contributed by atoms with van der Waals surface area (Å²) in [4.78, 5) is 33.3. The van der Waals surface area contributed by atoms with Gasteiger partial charge >= 0.3 is 0 Å². The van der Waals surface area contributed by atoms with Crippen LogP contribution in [0.1, 0.15) is 25.0 Å². The van der Waals surface area contributed by atoms with Crippen molar-refractivity contribution in [3.63, 3.8) is 0 Å². The highest BCUT2D eigenvalue weighted by Crippen LogP contribution is 2.31. The second-order valence-electron chi connectivity index (χ2n) is 7.72. The minimum Gasteiger partial charge on any atom is -0.342 e.